The molecule has 17 heavy (non-hydrogen) atoms. The van der Waals surface area contributed by atoms with Gasteiger partial charge in [-0.05, 0) is 24.6 Å². The van der Waals surface area contributed by atoms with Gasteiger partial charge in [-0.3, -0.25) is 14.8 Å². The highest BCUT2D eigenvalue weighted by atomic mass is 16.3. The van der Waals surface area contributed by atoms with E-state index in [-0.39, 0.29) is 12.5 Å². The van der Waals surface area contributed by atoms with Crippen LogP contribution >= 0.6 is 0 Å². The SMILES string of the molecule is O=C(NCCCO)c1ccc2nccnc2c1. The van der Waals surface area contributed by atoms with Crippen LogP contribution in [0.1, 0.15) is 16.8 Å². The number of benzene rings is 1. The van der Waals surface area contributed by atoms with E-state index in [0.29, 0.717) is 24.0 Å². The number of nitrogens with zero attached hydrogens (tertiary/aromatic N) is 2. The summed E-state index contributed by atoms with van der Waals surface area (Å²) in [7, 11) is 0. The average Bonchev–Trinajstić information content (AvgIpc) is 2.38. The standard InChI is InChI=1S/C12H13N3O2/c16-7-1-4-15-12(17)9-2-3-10-11(8-9)14-6-5-13-10/h2-3,5-6,8,16H,1,4,7H2,(H,15,17). The molecule has 0 radical (unpaired) electrons. The Kier molecular flexibility index (Phi) is 3.62. The normalized spacial score (nSPS) is 10.4. The molecule has 5 nitrogen and oxygen atoms in total. The first-order valence-corrected chi connectivity index (χ1v) is 5.41. The van der Waals surface area contributed by atoms with Gasteiger partial charge in [0.2, 0.25) is 0 Å². The quantitative estimate of drug-likeness (QED) is 0.761. The van der Waals surface area contributed by atoms with Crippen LogP contribution in [0, 0.1) is 0 Å². The Labute approximate surface area is 98.5 Å². The number of carbonyl (C=O) groups excluding carboxylic acids is 1. The number of carbonyl (C=O) groups is 1. The third-order valence-corrected chi connectivity index (χ3v) is 2.35. The predicted octanol–water partition coefficient (Wildman–Crippen LogP) is 0.742. The first kappa shape index (κ1) is 11.5. The summed E-state index contributed by atoms with van der Waals surface area (Å²) >= 11 is 0. The Morgan fingerprint density at radius 2 is 2.00 bits per heavy atom. The molecule has 0 unspecified atom stereocenters. The number of aromatic nitrogens is 2. The van der Waals surface area contributed by atoms with Gasteiger partial charge in [-0.2, -0.15) is 0 Å². The lowest BCUT2D eigenvalue weighted by Gasteiger charge is -2.04. The van der Waals surface area contributed by atoms with Crippen molar-refractivity contribution in [2.45, 2.75) is 6.42 Å². The first-order valence-electron chi connectivity index (χ1n) is 5.41. The predicted molar refractivity (Wildman–Crippen MR) is 63.6 cm³/mol. The van der Waals surface area contributed by atoms with Gasteiger partial charge in [0.25, 0.3) is 5.91 Å². The van der Waals surface area contributed by atoms with Crippen molar-refractivity contribution in [1.82, 2.24) is 15.3 Å². The number of aliphatic hydroxyl groups excluding tert-OH is 1. The van der Waals surface area contributed by atoms with Crippen LogP contribution < -0.4 is 5.32 Å². The van der Waals surface area contributed by atoms with Gasteiger partial charge in [0, 0.05) is 31.1 Å². The number of fused-ring (bicyclic) bond motifs is 1. The average molecular weight is 231 g/mol. The van der Waals surface area contributed by atoms with Crippen LogP contribution in [-0.4, -0.2) is 34.1 Å². The molecule has 0 fully saturated rings. The minimum atomic E-state index is -0.161. The van der Waals surface area contributed by atoms with E-state index in [1.165, 1.54) is 0 Å². The Morgan fingerprint density at radius 1 is 1.24 bits per heavy atom. The largest absolute Gasteiger partial charge is 0.396 e. The Morgan fingerprint density at radius 3 is 2.76 bits per heavy atom. The second kappa shape index (κ2) is 5.36. The van der Waals surface area contributed by atoms with Crippen LogP contribution in [-0.2, 0) is 0 Å². The minimum Gasteiger partial charge on any atom is -0.396 e. The topological polar surface area (TPSA) is 75.1 Å². The Balaban J connectivity index is 2.15. The molecule has 0 spiro atoms. The number of rotatable bonds is 4. The van der Waals surface area contributed by atoms with Gasteiger partial charge in [-0.15, -0.1) is 0 Å². The monoisotopic (exact) mass is 231 g/mol. The molecule has 2 aromatic rings. The summed E-state index contributed by atoms with van der Waals surface area (Å²) in [6, 6.07) is 5.19. The van der Waals surface area contributed by atoms with E-state index in [0.717, 1.165) is 5.52 Å². The molecule has 0 aliphatic carbocycles. The van der Waals surface area contributed by atoms with Crippen LogP contribution in [0.25, 0.3) is 11.0 Å². The van der Waals surface area contributed by atoms with E-state index >= 15 is 0 Å². The minimum absolute atomic E-state index is 0.0729. The Hall–Kier alpha value is -2.01. The Bertz CT molecular complexity index is 528. The van der Waals surface area contributed by atoms with Crippen molar-refractivity contribution in [3.63, 3.8) is 0 Å². The molecule has 2 N–H and O–H groups in total. The van der Waals surface area contributed by atoms with E-state index < -0.39 is 0 Å². The molecule has 0 bridgehead atoms. The highest BCUT2D eigenvalue weighted by molar-refractivity contribution is 5.97. The molecule has 0 aliphatic heterocycles. The molecule has 2 rings (SSSR count). The summed E-state index contributed by atoms with van der Waals surface area (Å²) < 4.78 is 0. The van der Waals surface area contributed by atoms with Crippen LogP contribution in [0.15, 0.2) is 30.6 Å². The summed E-state index contributed by atoms with van der Waals surface area (Å²) in [4.78, 5) is 20.0. The molecular formula is C12H13N3O2. The van der Waals surface area contributed by atoms with Gasteiger partial charge >= 0.3 is 0 Å². The van der Waals surface area contributed by atoms with Crippen LogP contribution in [0.3, 0.4) is 0 Å². The third-order valence-electron chi connectivity index (χ3n) is 2.35. The number of nitrogens with one attached hydrogen (secondary N) is 1. The summed E-state index contributed by atoms with van der Waals surface area (Å²) in [5.41, 5.74) is 2.01. The highest BCUT2D eigenvalue weighted by Gasteiger charge is 2.06. The maximum atomic E-state index is 11.7. The maximum absolute atomic E-state index is 11.7. The molecule has 88 valence electrons. The molecule has 1 aromatic heterocycles. The van der Waals surface area contributed by atoms with Crippen LogP contribution in [0.5, 0.6) is 0 Å². The lowest BCUT2D eigenvalue weighted by molar-refractivity contribution is 0.0951. The van der Waals surface area contributed by atoms with Crippen molar-refractivity contribution in [2.24, 2.45) is 0 Å². The molecular weight excluding hydrogens is 218 g/mol. The second-order valence-electron chi connectivity index (χ2n) is 3.59. The molecule has 0 saturated carbocycles. The third kappa shape index (κ3) is 2.76. The molecule has 1 amide bonds. The van der Waals surface area contributed by atoms with Crippen molar-refractivity contribution >= 4 is 16.9 Å². The van der Waals surface area contributed by atoms with Crippen molar-refractivity contribution in [3.8, 4) is 0 Å². The zero-order valence-corrected chi connectivity index (χ0v) is 9.26. The van der Waals surface area contributed by atoms with Gasteiger partial charge < -0.3 is 10.4 Å². The fourth-order valence-electron chi connectivity index (χ4n) is 1.49. The lowest BCUT2D eigenvalue weighted by atomic mass is 10.2. The fraction of sp³-hybridized carbons (Fsp3) is 0.250. The maximum Gasteiger partial charge on any atom is 0.251 e. The molecule has 0 aliphatic rings. The van der Waals surface area contributed by atoms with Gasteiger partial charge in [0.1, 0.15) is 0 Å². The van der Waals surface area contributed by atoms with E-state index in [4.69, 9.17) is 5.11 Å². The molecule has 1 aromatic carbocycles. The number of amides is 1. The van der Waals surface area contributed by atoms with Crippen molar-refractivity contribution in [2.75, 3.05) is 13.2 Å². The zero-order chi connectivity index (χ0) is 12.1. The molecule has 1 heterocycles. The van der Waals surface area contributed by atoms with Crippen molar-refractivity contribution in [1.29, 1.82) is 0 Å². The van der Waals surface area contributed by atoms with Crippen molar-refractivity contribution < 1.29 is 9.90 Å². The van der Waals surface area contributed by atoms with E-state index in [9.17, 15) is 4.79 Å². The van der Waals surface area contributed by atoms with E-state index in [1.807, 2.05) is 0 Å². The molecule has 0 atom stereocenters. The highest BCUT2D eigenvalue weighted by Crippen LogP contribution is 2.10. The smallest absolute Gasteiger partial charge is 0.251 e. The van der Waals surface area contributed by atoms with Crippen LogP contribution in [0.2, 0.25) is 0 Å². The summed E-state index contributed by atoms with van der Waals surface area (Å²) in [5.74, 6) is -0.161. The van der Waals surface area contributed by atoms with Gasteiger partial charge in [-0.25, -0.2) is 0 Å². The molecule has 0 saturated heterocycles. The van der Waals surface area contributed by atoms with Gasteiger partial charge in [-0.1, -0.05) is 0 Å². The summed E-state index contributed by atoms with van der Waals surface area (Å²) in [6.45, 7) is 0.539. The van der Waals surface area contributed by atoms with E-state index in [2.05, 4.69) is 15.3 Å². The van der Waals surface area contributed by atoms with Crippen LogP contribution in [0.4, 0.5) is 0 Å². The van der Waals surface area contributed by atoms with Crippen molar-refractivity contribution in [3.05, 3.63) is 36.2 Å². The number of hydrogen-bond acceptors (Lipinski definition) is 4. The zero-order valence-electron chi connectivity index (χ0n) is 9.26. The lowest BCUT2D eigenvalue weighted by Crippen LogP contribution is -2.24. The van der Waals surface area contributed by atoms with Gasteiger partial charge in [0.15, 0.2) is 0 Å². The fourth-order valence-corrected chi connectivity index (χ4v) is 1.49. The van der Waals surface area contributed by atoms with E-state index in [1.54, 1.807) is 30.6 Å². The molecule has 5 heteroatoms. The summed E-state index contributed by atoms with van der Waals surface area (Å²) in [6.07, 6.45) is 3.76. The number of aliphatic hydroxyl groups is 1. The van der Waals surface area contributed by atoms with Gasteiger partial charge in [0.05, 0.1) is 11.0 Å². The second-order valence-corrected chi connectivity index (χ2v) is 3.59. The number of hydrogen-bond donors (Lipinski definition) is 2. The first-order chi connectivity index (χ1) is 8.31. The summed E-state index contributed by atoms with van der Waals surface area (Å²) in [5, 5.41) is 11.3.